The van der Waals surface area contributed by atoms with Crippen LogP contribution in [-0.2, 0) is 18.9 Å². The van der Waals surface area contributed by atoms with E-state index in [0.717, 1.165) is 32.1 Å². The van der Waals surface area contributed by atoms with E-state index in [0.29, 0.717) is 25.7 Å². The molecule has 6 rings (SSSR count). The van der Waals surface area contributed by atoms with E-state index in [1.54, 1.807) is 0 Å². The standard InChI is InChI=1S/C42H72O14/c1-21(2)9-8-13-41(7,52)22-10-14-40(6)29(22)23(46)17-27-39(40,5)15-11-26-38(3,4)28(12-16-42(26,27)20-45)55-37-35(33(50)31(48)25(19-44)54-37)56-36-34(51)32(49)30(47)24(18-43)53-36/h9,22-37,43-52H,8,10-20H2,1-7H3. The van der Waals surface area contributed by atoms with Gasteiger partial charge in [0.05, 0.1) is 31.0 Å². The van der Waals surface area contributed by atoms with Crippen molar-refractivity contribution in [2.75, 3.05) is 19.8 Å². The first-order valence-corrected chi connectivity index (χ1v) is 21.0. The van der Waals surface area contributed by atoms with E-state index in [-0.39, 0.29) is 41.1 Å². The normalized spacial score (nSPS) is 51.3. The number of ether oxygens (including phenoxy) is 4. The SMILES string of the molecule is CC(C)=CCCC(C)(O)C1CCC2(C)C1C(O)CC1C3(CO)CCC(OC4OC(CO)C(O)C(O)C4OC4OC(CO)C(O)C(O)C4O)C(C)(C)C3CCC12C. The monoisotopic (exact) mass is 800 g/mol. The summed E-state index contributed by atoms with van der Waals surface area (Å²) in [6.07, 6.45) is -8.07. The molecule has 6 fully saturated rings. The third-order valence-corrected chi connectivity index (χ3v) is 16.6. The summed E-state index contributed by atoms with van der Waals surface area (Å²) in [5, 5.41) is 109. The average Bonchev–Trinajstić information content (AvgIpc) is 3.53. The second-order valence-electron chi connectivity index (χ2n) is 20.0. The number of fused-ring (bicyclic) bond motifs is 5. The van der Waals surface area contributed by atoms with Crippen LogP contribution >= 0.6 is 0 Å². The minimum absolute atomic E-state index is 0.00599. The van der Waals surface area contributed by atoms with Crippen molar-refractivity contribution < 1.29 is 70.0 Å². The third kappa shape index (κ3) is 7.16. The Morgan fingerprint density at radius 2 is 1.34 bits per heavy atom. The van der Waals surface area contributed by atoms with E-state index >= 15 is 0 Å². The molecular formula is C42H72O14. The minimum Gasteiger partial charge on any atom is -0.396 e. The Morgan fingerprint density at radius 3 is 1.95 bits per heavy atom. The first kappa shape index (κ1) is 44.7. The molecule has 0 aromatic carbocycles. The zero-order chi connectivity index (χ0) is 41.3. The Hall–Kier alpha value is -0.820. The van der Waals surface area contributed by atoms with Gasteiger partial charge in [0.2, 0.25) is 0 Å². The van der Waals surface area contributed by atoms with Crippen LogP contribution < -0.4 is 0 Å². The maximum Gasteiger partial charge on any atom is 0.187 e. The molecule has 56 heavy (non-hydrogen) atoms. The van der Waals surface area contributed by atoms with E-state index in [1.165, 1.54) is 5.57 Å². The fraction of sp³-hybridized carbons (Fsp3) is 0.952. The van der Waals surface area contributed by atoms with Crippen LogP contribution in [0, 0.1) is 45.3 Å². The molecule has 4 aliphatic carbocycles. The Balaban J connectivity index is 1.25. The number of hydrogen-bond acceptors (Lipinski definition) is 14. The Morgan fingerprint density at radius 1 is 0.732 bits per heavy atom. The van der Waals surface area contributed by atoms with Crippen molar-refractivity contribution in [3.05, 3.63) is 11.6 Å². The smallest absolute Gasteiger partial charge is 0.187 e. The summed E-state index contributed by atoms with van der Waals surface area (Å²) in [7, 11) is 0. The van der Waals surface area contributed by atoms with E-state index in [2.05, 4.69) is 47.6 Å². The molecule has 6 aliphatic rings. The van der Waals surface area contributed by atoms with Crippen molar-refractivity contribution in [2.45, 2.75) is 185 Å². The topological polar surface area (TPSA) is 239 Å². The molecule has 0 spiro atoms. The predicted octanol–water partition coefficient (Wildman–Crippen LogP) is 1.12. The van der Waals surface area contributed by atoms with E-state index in [1.807, 2.05) is 6.92 Å². The van der Waals surface area contributed by atoms with Crippen molar-refractivity contribution in [3.63, 3.8) is 0 Å². The number of rotatable bonds is 11. The quantitative estimate of drug-likeness (QED) is 0.104. The van der Waals surface area contributed by atoms with Crippen molar-refractivity contribution in [3.8, 4) is 0 Å². The molecule has 0 amide bonds. The highest BCUT2D eigenvalue weighted by Gasteiger charge is 2.72. The van der Waals surface area contributed by atoms with Crippen molar-refractivity contribution in [1.82, 2.24) is 0 Å². The maximum atomic E-state index is 12.2. The first-order valence-electron chi connectivity index (χ1n) is 21.0. The molecule has 2 heterocycles. The molecule has 324 valence electrons. The van der Waals surface area contributed by atoms with Crippen LogP contribution in [0.25, 0.3) is 0 Å². The molecule has 0 bridgehead atoms. The molecule has 0 radical (unpaired) electrons. The fourth-order valence-electron chi connectivity index (χ4n) is 13.3. The Labute approximate surface area is 331 Å². The zero-order valence-corrected chi connectivity index (χ0v) is 34.4. The average molecular weight is 801 g/mol. The molecule has 4 saturated carbocycles. The Bertz CT molecular complexity index is 1390. The van der Waals surface area contributed by atoms with E-state index in [9.17, 15) is 51.1 Å². The summed E-state index contributed by atoms with van der Waals surface area (Å²) in [4.78, 5) is 0. The van der Waals surface area contributed by atoms with Crippen LogP contribution in [0.3, 0.4) is 0 Å². The summed E-state index contributed by atoms with van der Waals surface area (Å²) in [5.41, 5.74) is -1.31. The first-order chi connectivity index (χ1) is 26.1. The van der Waals surface area contributed by atoms with Crippen LogP contribution in [0.2, 0.25) is 0 Å². The number of hydrogen-bond donors (Lipinski definition) is 10. The van der Waals surface area contributed by atoms with Crippen LogP contribution in [0.5, 0.6) is 0 Å². The Kier molecular flexibility index (Phi) is 13.0. The minimum atomic E-state index is -1.78. The molecule has 10 N–H and O–H groups in total. The summed E-state index contributed by atoms with van der Waals surface area (Å²) in [6.45, 7) is 13.5. The van der Waals surface area contributed by atoms with E-state index < -0.39 is 103 Å². The van der Waals surface area contributed by atoms with E-state index in [4.69, 9.17) is 18.9 Å². The molecule has 0 aromatic rings. The van der Waals surface area contributed by atoms with Gasteiger partial charge in [-0.05, 0) is 118 Å². The lowest BCUT2D eigenvalue weighted by Crippen LogP contribution is -2.69. The van der Waals surface area contributed by atoms with Gasteiger partial charge in [0.1, 0.15) is 48.8 Å². The third-order valence-electron chi connectivity index (χ3n) is 16.6. The van der Waals surface area contributed by atoms with Gasteiger partial charge in [0.25, 0.3) is 0 Å². The molecular weight excluding hydrogens is 728 g/mol. The van der Waals surface area contributed by atoms with Gasteiger partial charge in [-0.2, -0.15) is 0 Å². The largest absolute Gasteiger partial charge is 0.396 e. The highest BCUT2D eigenvalue weighted by atomic mass is 16.8. The fourth-order valence-corrected chi connectivity index (χ4v) is 13.3. The van der Waals surface area contributed by atoms with Crippen molar-refractivity contribution >= 4 is 0 Å². The lowest BCUT2D eigenvalue weighted by molar-refractivity contribution is -0.379. The molecule has 20 unspecified atom stereocenters. The van der Waals surface area contributed by atoms with Gasteiger partial charge in [-0.3, -0.25) is 0 Å². The molecule has 2 aliphatic heterocycles. The zero-order valence-electron chi connectivity index (χ0n) is 34.4. The molecule has 0 aromatic heterocycles. The summed E-state index contributed by atoms with van der Waals surface area (Å²) < 4.78 is 24.3. The van der Waals surface area contributed by atoms with Gasteiger partial charge >= 0.3 is 0 Å². The summed E-state index contributed by atoms with van der Waals surface area (Å²) in [5.74, 6) is -0.171. The van der Waals surface area contributed by atoms with Crippen LogP contribution in [0.15, 0.2) is 11.6 Å². The van der Waals surface area contributed by atoms with Crippen LogP contribution in [-0.4, -0.2) is 150 Å². The lowest BCUT2D eigenvalue weighted by atomic mass is 9.34. The lowest BCUT2D eigenvalue weighted by Gasteiger charge is -2.71. The highest BCUT2D eigenvalue weighted by molar-refractivity contribution is 5.21. The van der Waals surface area contributed by atoms with Gasteiger partial charge in [0.15, 0.2) is 12.6 Å². The number of aliphatic hydroxyl groups excluding tert-OH is 9. The second kappa shape index (κ2) is 16.2. The summed E-state index contributed by atoms with van der Waals surface area (Å²) in [6, 6.07) is 0. The number of aliphatic hydroxyl groups is 10. The number of allylic oxidation sites excluding steroid dienone is 2. The molecule has 14 heteroatoms. The molecule has 20 atom stereocenters. The van der Waals surface area contributed by atoms with Gasteiger partial charge in [0, 0.05) is 12.0 Å². The van der Waals surface area contributed by atoms with Crippen molar-refractivity contribution in [1.29, 1.82) is 0 Å². The van der Waals surface area contributed by atoms with Crippen LogP contribution in [0.1, 0.15) is 106 Å². The van der Waals surface area contributed by atoms with Gasteiger partial charge in [-0.15, -0.1) is 0 Å². The summed E-state index contributed by atoms with van der Waals surface area (Å²) >= 11 is 0. The predicted molar refractivity (Wildman–Crippen MR) is 202 cm³/mol. The van der Waals surface area contributed by atoms with Crippen LogP contribution in [0.4, 0.5) is 0 Å². The second-order valence-corrected chi connectivity index (χ2v) is 20.0. The molecule has 14 nitrogen and oxygen atoms in total. The molecule has 2 saturated heterocycles. The maximum absolute atomic E-state index is 12.2. The van der Waals surface area contributed by atoms with Gasteiger partial charge in [-0.1, -0.05) is 39.3 Å². The van der Waals surface area contributed by atoms with Gasteiger partial charge in [-0.25, -0.2) is 0 Å². The van der Waals surface area contributed by atoms with Gasteiger partial charge < -0.3 is 70.0 Å². The van der Waals surface area contributed by atoms with Crippen molar-refractivity contribution in [2.24, 2.45) is 45.3 Å². The highest BCUT2D eigenvalue weighted by Crippen LogP contribution is 2.76.